The molecule has 3 aromatic rings. The average Bonchev–Trinajstić information content (AvgIpc) is 2.92. The zero-order valence-electron chi connectivity index (χ0n) is 21.2. The molecule has 1 heterocycles. The van der Waals surface area contributed by atoms with Gasteiger partial charge in [-0.15, -0.1) is 0 Å². The SMILES string of the molecule is CNC(=O)c1ccc([C@](C)(O)CN2CCN(c3ccc(OCCO)cc3Cl)[C@H](c3ccccc3)C2)cc1. The van der Waals surface area contributed by atoms with Crippen LogP contribution in [0.4, 0.5) is 5.69 Å². The number of aliphatic hydroxyl groups excluding tert-OH is 1. The van der Waals surface area contributed by atoms with Crippen LogP contribution < -0.4 is 15.0 Å². The third-order valence-electron chi connectivity index (χ3n) is 6.76. The quantitative estimate of drug-likeness (QED) is 0.395. The van der Waals surface area contributed by atoms with Gasteiger partial charge < -0.3 is 25.2 Å². The molecule has 4 rings (SSSR count). The Morgan fingerprint density at radius 2 is 1.84 bits per heavy atom. The van der Waals surface area contributed by atoms with Crippen molar-refractivity contribution in [3.05, 3.63) is 94.5 Å². The van der Waals surface area contributed by atoms with Crippen LogP contribution in [0.2, 0.25) is 5.02 Å². The third kappa shape index (κ3) is 6.43. The van der Waals surface area contributed by atoms with Crippen LogP contribution in [-0.2, 0) is 5.60 Å². The molecule has 0 unspecified atom stereocenters. The van der Waals surface area contributed by atoms with Crippen LogP contribution in [0.3, 0.4) is 0 Å². The summed E-state index contributed by atoms with van der Waals surface area (Å²) in [4.78, 5) is 16.5. The Bertz CT molecular complexity index is 1190. The maximum atomic E-state index is 11.9. The van der Waals surface area contributed by atoms with Crippen LogP contribution in [0.5, 0.6) is 5.75 Å². The lowest BCUT2D eigenvalue weighted by molar-refractivity contribution is 0.0103. The lowest BCUT2D eigenvalue weighted by Crippen LogP contribution is -2.52. The first-order valence-corrected chi connectivity index (χ1v) is 12.8. The van der Waals surface area contributed by atoms with Crippen LogP contribution in [0.1, 0.15) is 34.5 Å². The zero-order valence-corrected chi connectivity index (χ0v) is 22.0. The Kier molecular flexibility index (Phi) is 8.71. The van der Waals surface area contributed by atoms with E-state index in [1.807, 2.05) is 49.4 Å². The maximum Gasteiger partial charge on any atom is 0.251 e. The van der Waals surface area contributed by atoms with Crippen molar-refractivity contribution in [1.82, 2.24) is 10.2 Å². The number of amides is 1. The smallest absolute Gasteiger partial charge is 0.251 e. The van der Waals surface area contributed by atoms with Crippen LogP contribution in [-0.4, -0.2) is 67.5 Å². The molecule has 0 spiro atoms. The first-order chi connectivity index (χ1) is 17.8. The molecule has 2 atom stereocenters. The summed E-state index contributed by atoms with van der Waals surface area (Å²) in [5.41, 5.74) is 2.32. The van der Waals surface area contributed by atoms with Gasteiger partial charge in [0.05, 0.1) is 29.0 Å². The number of piperazine rings is 1. The monoisotopic (exact) mass is 523 g/mol. The van der Waals surface area contributed by atoms with Crippen molar-refractivity contribution in [3.63, 3.8) is 0 Å². The number of benzene rings is 3. The molecule has 8 heteroatoms. The first kappa shape index (κ1) is 26.9. The number of hydrogen-bond donors (Lipinski definition) is 3. The minimum absolute atomic E-state index is 0.0306. The highest BCUT2D eigenvalue weighted by molar-refractivity contribution is 6.33. The van der Waals surface area contributed by atoms with Gasteiger partial charge in [0.1, 0.15) is 12.4 Å². The largest absolute Gasteiger partial charge is 0.491 e. The van der Waals surface area contributed by atoms with Gasteiger partial charge in [-0.1, -0.05) is 54.1 Å². The van der Waals surface area contributed by atoms with Crippen molar-refractivity contribution < 1.29 is 19.7 Å². The van der Waals surface area contributed by atoms with Crippen molar-refractivity contribution in [2.75, 3.05) is 51.3 Å². The van der Waals surface area contributed by atoms with Crippen LogP contribution >= 0.6 is 11.6 Å². The molecule has 0 bridgehead atoms. The van der Waals surface area contributed by atoms with Gasteiger partial charge >= 0.3 is 0 Å². The van der Waals surface area contributed by atoms with E-state index in [2.05, 4.69) is 27.2 Å². The Labute approximate surface area is 223 Å². The molecule has 1 saturated heterocycles. The molecule has 7 nitrogen and oxygen atoms in total. The molecule has 0 aliphatic carbocycles. The fourth-order valence-electron chi connectivity index (χ4n) is 4.86. The standard InChI is InChI=1S/C29H34ClN3O4/c1-29(36,23-10-8-22(9-11-23)28(35)31-2)20-32-14-15-33(27(19-32)21-6-4-3-5-7-21)26-13-12-24(18-25(26)30)37-17-16-34/h3-13,18,27,34,36H,14-17,19-20H2,1-2H3,(H,31,35)/t27-,29+/m0/s1. The van der Waals surface area contributed by atoms with E-state index in [1.54, 1.807) is 25.2 Å². The molecule has 37 heavy (non-hydrogen) atoms. The van der Waals surface area contributed by atoms with Gasteiger partial charge in [0.15, 0.2) is 0 Å². The molecule has 1 fully saturated rings. The molecule has 196 valence electrons. The molecule has 1 aliphatic rings. The van der Waals surface area contributed by atoms with Crippen molar-refractivity contribution >= 4 is 23.2 Å². The first-order valence-electron chi connectivity index (χ1n) is 12.4. The molecule has 0 saturated carbocycles. The Morgan fingerprint density at radius 1 is 1.11 bits per heavy atom. The number of rotatable bonds is 9. The van der Waals surface area contributed by atoms with Crippen molar-refractivity contribution in [3.8, 4) is 5.75 Å². The van der Waals surface area contributed by atoms with Gasteiger partial charge in [0.25, 0.3) is 5.91 Å². The Morgan fingerprint density at radius 3 is 2.49 bits per heavy atom. The predicted molar refractivity (Wildman–Crippen MR) is 146 cm³/mol. The average molecular weight is 524 g/mol. The van der Waals surface area contributed by atoms with Gasteiger partial charge in [-0.25, -0.2) is 0 Å². The molecule has 1 amide bonds. The fourth-order valence-corrected chi connectivity index (χ4v) is 5.14. The van der Waals surface area contributed by atoms with E-state index in [-0.39, 0.29) is 25.2 Å². The highest BCUT2D eigenvalue weighted by Gasteiger charge is 2.34. The number of anilines is 1. The number of aliphatic hydroxyl groups is 2. The molecule has 1 aliphatic heterocycles. The minimum Gasteiger partial charge on any atom is -0.491 e. The number of hydrogen-bond acceptors (Lipinski definition) is 6. The summed E-state index contributed by atoms with van der Waals surface area (Å²) < 4.78 is 5.52. The molecule has 0 aromatic heterocycles. The van der Waals surface area contributed by atoms with Crippen LogP contribution in [0, 0.1) is 0 Å². The Hall–Kier alpha value is -3.10. The summed E-state index contributed by atoms with van der Waals surface area (Å²) in [5.74, 6) is 0.468. The fraction of sp³-hybridized carbons (Fsp3) is 0.345. The second kappa shape index (κ2) is 12.0. The zero-order chi connectivity index (χ0) is 26.4. The number of carbonyl (C=O) groups excluding carboxylic acids is 1. The van der Waals surface area contributed by atoms with Crippen molar-refractivity contribution in [1.29, 1.82) is 0 Å². The van der Waals surface area contributed by atoms with E-state index in [0.29, 0.717) is 29.4 Å². The van der Waals surface area contributed by atoms with Crippen LogP contribution in [0.15, 0.2) is 72.8 Å². The second-order valence-corrected chi connectivity index (χ2v) is 9.88. The van der Waals surface area contributed by atoms with E-state index in [4.69, 9.17) is 21.4 Å². The minimum atomic E-state index is -1.09. The summed E-state index contributed by atoms with van der Waals surface area (Å²) in [6.07, 6.45) is 0. The van der Waals surface area contributed by atoms with Crippen molar-refractivity contribution in [2.45, 2.75) is 18.6 Å². The topological polar surface area (TPSA) is 85.3 Å². The number of nitrogens with one attached hydrogen (secondary N) is 1. The Balaban J connectivity index is 1.54. The summed E-state index contributed by atoms with van der Waals surface area (Å²) in [6.45, 7) is 4.60. The van der Waals surface area contributed by atoms with Gasteiger partial charge in [-0.3, -0.25) is 9.69 Å². The molecule has 3 aromatic carbocycles. The van der Waals surface area contributed by atoms with Crippen molar-refractivity contribution in [2.24, 2.45) is 0 Å². The van der Waals surface area contributed by atoms with E-state index < -0.39 is 5.60 Å². The van der Waals surface area contributed by atoms with Gasteiger partial charge in [-0.2, -0.15) is 0 Å². The number of carbonyl (C=O) groups is 1. The van der Waals surface area contributed by atoms with E-state index in [0.717, 1.165) is 24.3 Å². The van der Waals surface area contributed by atoms with E-state index >= 15 is 0 Å². The highest BCUT2D eigenvalue weighted by atomic mass is 35.5. The normalized spacial score (nSPS) is 17.8. The van der Waals surface area contributed by atoms with E-state index in [9.17, 15) is 9.90 Å². The second-order valence-electron chi connectivity index (χ2n) is 9.47. The number of halogens is 1. The summed E-state index contributed by atoms with van der Waals surface area (Å²) >= 11 is 6.70. The van der Waals surface area contributed by atoms with Gasteiger partial charge in [0.2, 0.25) is 0 Å². The number of ether oxygens (including phenoxy) is 1. The number of β-amino-alcohol motifs (C(OH)–C–C–N with tert-alkyl or cyclic N) is 1. The maximum absolute atomic E-state index is 11.9. The lowest BCUT2D eigenvalue weighted by Gasteiger charge is -2.45. The van der Waals surface area contributed by atoms with E-state index in [1.165, 1.54) is 5.56 Å². The lowest BCUT2D eigenvalue weighted by atomic mass is 9.93. The highest BCUT2D eigenvalue weighted by Crippen LogP contribution is 2.37. The summed E-state index contributed by atoms with van der Waals surface area (Å²) in [6, 6.07) is 23.1. The summed E-state index contributed by atoms with van der Waals surface area (Å²) in [5, 5.41) is 23.6. The molecular formula is C29H34ClN3O4. The molecular weight excluding hydrogens is 490 g/mol. The van der Waals surface area contributed by atoms with Gasteiger partial charge in [0, 0.05) is 44.9 Å². The summed E-state index contributed by atoms with van der Waals surface area (Å²) in [7, 11) is 1.60. The number of nitrogens with zero attached hydrogens (tertiary/aromatic N) is 2. The molecule has 0 radical (unpaired) electrons. The molecule has 3 N–H and O–H groups in total. The predicted octanol–water partition coefficient (Wildman–Crippen LogP) is 3.84. The third-order valence-corrected chi connectivity index (χ3v) is 7.07. The van der Waals surface area contributed by atoms with Crippen LogP contribution in [0.25, 0.3) is 0 Å². The van der Waals surface area contributed by atoms with Gasteiger partial charge in [-0.05, 0) is 42.3 Å².